The first-order valence-electron chi connectivity index (χ1n) is 5.15. The molecule has 20 heavy (non-hydrogen) atoms. The fraction of sp³-hybridized carbons (Fsp3) is 0.400. The Bertz CT molecular complexity index is 580. The molecular weight excluding hydrogens is 370 g/mol. The Balaban J connectivity index is 2.95. The maximum Gasteiger partial charge on any atom is 0.320 e. The van der Waals surface area contributed by atoms with E-state index in [4.69, 9.17) is 5.11 Å². The minimum Gasteiger partial charge on any atom is -0.392 e. The van der Waals surface area contributed by atoms with E-state index in [0.717, 1.165) is 6.07 Å². The number of hydrogen-bond donors (Lipinski definition) is 2. The third kappa shape index (κ3) is 4.14. The van der Waals surface area contributed by atoms with Crippen molar-refractivity contribution >= 4 is 26.0 Å². The number of hydrogen-bond acceptors (Lipinski definition) is 3. The molecule has 4 nitrogen and oxygen atoms in total. The van der Waals surface area contributed by atoms with Gasteiger partial charge in [0.15, 0.2) is 0 Å². The summed E-state index contributed by atoms with van der Waals surface area (Å²) in [5.74, 6) is -4.45. The normalized spacial score (nSPS) is 12.9. The van der Waals surface area contributed by atoms with Crippen molar-refractivity contribution in [1.82, 2.24) is 4.72 Å². The van der Waals surface area contributed by atoms with Gasteiger partial charge in [-0.05, 0) is 33.6 Å². The Hall–Kier alpha value is -0.710. The molecule has 0 aromatic heterocycles. The largest absolute Gasteiger partial charge is 0.392 e. The van der Waals surface area contributed by atoms with Crippen LogP contribution in [0.3, 0.4) is 0 Å². The molecule has 10 heteroatoms. The SMILES string of the molecule is O=S(=O)(NCC(F)(F)C(F)F)c1ccc(CO)cc1Br. The quantitative estimate of drug-likeness (QED) is 0.744. The molecule has 0 amide bonds. The molecule has 0 unspecified atom stereocenters. The summed E-state index contributed by atoms with van der Waals surface area (Å²) in [6.07, 6.45) is -3.97. The van der Waals surface area contributed by atoms with Gasteiger partial charge in [-0.3, -0.25) is 0 Å². The maximum atomic E-state index is 12.7. The number of nitrogens with one attached hydrogen (secondary N) is 1. The Morgan fingerprint density at radius 1 is 1.35 bits per heavy atom. The van der Waals surface area contributed by atoms with Gasteiger partial charge in [0.2, 0.25) is 10.0 Å². The Kier molecular flexibility index (Phi) is 5.53. The lowest BCUT2D eigenvalue weighted by Gasteiger charge is -2.16. The van der Waals surface area contributed by atoms with E-state index in [2.05, 4.69) is 15.9 Å². The Morgan fingerprint density at radius 3 is 2.40 bits per heavy atom. The van der Waals surface area contributed by atoms with Gasteiger partial charge in [-0.2, -0.15) is 8.78 Å². The minimum absolute atomic E-state index is 0.0249. The van der Waals surface area contributed by atoms with Crippen molar-refractivity contribution in [3.8, 4) is 0 Å². The molecule has 0 heterocycles. The number of aliphatic hydroxyl groups is 1. The summed E-state index contributed by atoms with van der Waals surface area (Å²) < 4.78 is 74.2. The van der Waals surface area contributed by atoms with Crippen LogP contribution in [0.1, 0.15) is 5.56 Å². The molecule has 0 aliphatic carbocycles. The van der Waals surface area contributed by atoms with Crippen LogP contribution in [0.2, 0.25) is 0 Å². The third-order valence-corrected chi connectivity index (χ3v) is 4.66. The van der Waals surface area contributed by atoms with Crippen LogP contribution in [-0.2, 0) is 16.6 Å². The van der Waals surface area contributed by atoms with Crippen LogP contribution in [0.15, 0.2) is 27.6 Å². The second kappa shape index (κ2) is 6.37. The molecule has 0 aliphatic heterocycles. The summed E-state index contributed by atoms with van der Waals surface area (Å²) >= 11 is 2.91. The van der Waals surface area contributed by atoms with Crippen LogP contribution in [0.25, 0.3) is 0 Å². The number of aliphatic hydroxyl groups excluding tert-OH is 1. The fourth-order valence-corrected chi connectivity index (χ4v) is 3.37. The summed E-state index contributed by atoms with van der Waals surface area (Å²) in [4.78, 5) is -0.389. The summed E-state index contributed by atoms with van der Waals surface area (Å²) in [5, 5.41) is 8.86. The average Bonchev–Trinajstić information content (AvgIpc) is 2.36. The van der Waals surface area contributed by atoms with Gasteiger partial charge in [0.25, 0.3) is 0 Å². The Labute approximate surface area is 121 Å². The second-order valence-corrected chi connectivity index (χ2v) is 6.40. The molecular formula is C10H10BrF4NO3S. The highest BCUT2D eigenvalue weighted by molar-refractivity contribution is 9.10. The van der Waals surface area contributed by atoms with Gasteiger partial charge < -0.3 is 5.11 Å². The van der Waals surface area contributed by atoms with Crippen molar-refractivity contribution in [3.05, 3.63) is 28.2 Å². The lowest BCUT2D eigenvalue weighted by molar-refractivity contribution is -0.122. The van der Waals surface area contributed by atoms with E-state index in [1.807, 2.05) is 0 Å². The number of halogens is 5. The van der Waals surface area contributed by atoms with Crippen molar-refractivity contribution in [1.29, 1.82) is 0 Å². The van der Waals surface area contributed by atoms with E-state index < -0.39 is 28.9 Å². The van der Waals surface area contributed by atoms with Crippen molar-refractivity contribution in [2.45, 2.75) is 23.9 Å². The van der Waals surface area contributed by atoms with Gasteiger partial charge in [-0.1, -0.05) is 6.07 Å². The van der Waals surface area contributed by atoms with E-state index in [1.54, 1.807) is 0 Å². The van der Waals surface area contributed by atoms with Crippen molar-refractivity contribution in [3.63, 3.8) is 0 Å². The van der Waals surface area contributed by atoms with Gasteiger partial charge in [-0.25, -0.2) is 21.9 Å². The molecule has 0 saturated carbocycles. The number of benzene rings is 1. The molecule has 0 radical (unpaired) electrons. The van der Waals surface area contributed by atoms with Crippen LogP contribution in [-0.4, -0.2) is 32.4 Å². The molecule has 1 aromatic carbocycles. The van der Waals surface area contributed by atoms with Gasteiger partial charge in [-0.15, -0.1) is 0 Å². The monoisotopic (exact) mass is 379 g/mol. The molecule has 0 aliphatic rings. The summed E-state index contributed by atoms with van der Waals surface area (Å²) in [5.41, 5.74) is 0.397. The second-order valence-electron chi connectivity index (χ2n) is 3.81. The highest BCUT2D eigenvalue weighted by Crippen LogP contribution is 2.25. The van der Waals surface area contributed by atoms with Gasteiger partial charge >= 0.3 is 12.3 Å². The first-order valence-corrected chi connectivity index (χ1v) is 7.42. The van der Waals surface area contributed by atoms with E-state index in [1.165, 1.54) is 16.9 Å². The number of rotatable bonds is 6. The van der Waals surface area contributed by atoms with Crippen molar-refractivity contribution in [2.75, 3.05) is 6.54 Å². The zero-order valence-electron chi connectivity index (χ0n) is 9.79. The molecule has 0 bridgehead atoms. The highest BCUT2D eigenvalue weighted by atomic mass is 79.9. The number of alkyl halides is 4. The molecule has 0 fully saturated rings. The summed E-state index contributed by atoms with van der Waals surface area (Å²) in [6, 6.07) is 3.61. The molecule has 1 rings (SSSR count). The average molecular weight is 380 g/mol. The zero-order chi connectivity index (χ0) is 15.6. The van der Waals surface area contributed by atoms with E-state index in [9.17, 15) is 26.0 Å². The van der Waals surface area contributed by atoms with E-state index in [0.29, 0.717) is 5.56 Å². The highest BCUT2D eigenvalue weighted by Gasteiger charge is 2.41. The molecule has 0 saturated heterocycles. The van der Waals surface area contributed by atoms with Crippen LogP contribution in [0, 0.1) is 0 Å². The predicted molar refractivity (Wildman–Crippen MR) is 66.2 cm³/mol. The minimum atomic E-state index is -4.45. The zero-order valence-corrected chi connectivity index (χ0v) is 12.2. The lowest BCUT2D eigenvalue weighted by Crippen LogP contribution is -2.41. The van der Waals surface area contributed by atoms with Crippen LogP contribution in [0.4, 0.5) is 17.6 Å². The molecule has 0 spiro atoms. The lowest BCUT2D eigenvalue weighted by atomic mass is 10.2. The Morgan fingerprint density at radius 2 is 1.95 bits per heavy atom. The number of sulfonamides is 1. The van der Waals surface area contributed by atoms with Crippen LogP contribution in [0.5, 0.6) is 0 Å². The van der Waals surface area contributed by atoms with Crippen molar-refractivity contribution in [2.24, 2.45) is 0 Å². The van der Waals surface area contributed by atoms with Gasteiger partial charge in [0.1, 0.15) is 0 Å². The van der Waals surface area contributed by atoms with Crippen LogP contribution < -0.4 is 4.72 Å². The summed E-state index contributed by atoms with van der Waals surface area (Å²) in [6.45, 7) is -2.04. The molecule has 0 atom stereocenters. The van der Waals surface area contributed by atoms with Crippen molar-refractivity contribution < 1.29 is 31.1 Å². The molecule has 114 valence electrons. The summed E-state index contributed by atoms with van der Waals surface area (Å²) in [7, 11) is -4.37. The smallest absolute Gasteiger partial charge is 0.320 e. The topological polar surface area (TPSA) is 66.4 Å². The predicted octanol–water partition coefficient (Wildman–Crippen LogP) is 2.12. The van der Waals surface area contributed by atoms with E-state index in [-0.39, 0.29) is 16.0 Å². The van der Waals surface area contributed by atoms with E-state index >= 15 is 0 Å². The van der Waals surface area contributed by atoms with Gasteiger partial charge in [0, 0.05) is 4.47 Å². The first kappa shape index (κ1) is 17.3. The third-order valence-electron chi connectivity index (χ3n) is 2.29. The molecule has 1 aromatic rings. The standard InChI is InChI=1S/C10H10BrF4NO3S/c11-7-3-6(4-17)1-2-8(7)20(18,19)16-5-10(14,15)9(12)13/h1-3,9,16-17H,4-5H2. The fourth-order valence-electron chi connectivity index (χ4n) is 1.21. The van der Waals surface area contributed by atoms with Crippen LogP contribution >= 0.6 is 15.9 Å². The maximum absolute atomic E-state index is 12.7. The van der Waals surface area contributed by atoms with Gasteiger partial charge in [0.05, 0.1) is 18.0 Å². The molecule has 2 N–H and O–H groups in total. The first-order chi connectivity index (χ1) is 9.10.